The van der Waals surface area contributed by atoms with Crippen LogP contribution in [0.1, 0.15) is 69.4 Å². The third-order valence-electron chi connectivity index (χ3n) is 8.41. The van der Waals surface area contributed by atoms with Gasteiger partial charge in [0.1, 0.15) is 11.6 Å². The standard InChI is InChI=1S/C35H50N6O3/c1-6-12-30(42)36-17-9-7-8-13-31(43)37-18-10-21-41(4)22-11-19-38-35-33-25(3)32-28-23-26(44-5)14-15-29(28)40-34(32)24(2)27(33)16-20-39-35/h14-16,20,23,40H,6-13,17-19,21-22H2,1-5H3,(H,36,42)(H,37,43)(H,38,39). The summed E-state index contributed by atoms with van der Waals surface area (Å²) in [7, 11) is 3.84. The number of fused-ring (bicyclic) bond motifs is 4. The number of anilines is 1. The molecule has 9 heteroatoms. The maximum Gasteiger partial charge on any atom is 0.219 e. The van der Waals surface area contributed by atoms with Crippen LogP contribution in [-0.2, 0) is 9.59 Å². The van der Waals surface area contributed by atoms with Gasteiger partial charge in [0.05, 0.1) is 12.6 Å². The lowest BCUT2D eigenvalue weighted by Gasteiger charge is -2.18. The highest BCUT2D eigenvalue weighted by Gasteiger charge is 2.17. The van der Waals surface area contributed by atoms with Gasteiger partial charge >= 0.3 is 0 Å². The zero-order valence-corrected chi connectivity index (χ0v) is 27.2. The van der Waals surface area contributed by atoms with Crippen molar-refractivity contribution in [3.63, 3.8) is 0 Å². The minimum absolute atomic E-state index is 0.115. The number of carbonyl (C=O) groups excluding carboxylic acids is 2. The molecule has 238 valence electrons. The van der Waals surface area contributed by atoms with E-state index in [-0.39, 0.29) is 11.8 Å². The number of nitrogens with one attached hydrogen (secondary N) is 4. The summed E-state index contributed by atoms with van der Waals surface area (Å²) in [6, 6.07) is 8.29. The Labute approximate surface area is 261 Å². The van der Waals surface area contributed by atoms with Crippen LogP contribution in [0.4, 0.5) is 5.82 Å². The second-order valence-corrected chi connectivity index (χ2v) is 11.8. The minimum atomic E-state index is 0.115. The lowest BCUT2D eigenvalue weighted by Crippen LogP contribution is -2.29. The number of methoxy groups -OCH3 is 1. The van der Waals surface area contributed by atoms with Crippen molar-refractivity contribution in [1.82, 2.24) is 25.5 Å². The van der Waals surface area contributed by atoms with Gasteiger partial charge in [-0.3, -0.25) is 9.59 Å². The summed E-state index contributed by atoms with van der Waals surface area (Å²) in [6.07, 6.45) is 8.54. The molecule has 4 N–H and O–H groups in total. The molecule has 0 spiro atoms. The fourth-order valence-corrected chi connectivity index (χ4v) is 5.98. The summed E-state index contributed by atoms with van der Waals surface area (Å²) in [5, 5.41) is 14.3. The van der Waals surface area contributed by atoms with Crippen molar-refractivity contribution < 1.29 is 14.3 Å². The van der Waals surface area contributed by atoms with Gasteiger partial charge in [-0.1, -0.05) is 13.3 Å². The predicted octanol–water partition coefficient (Wildman–Crippen LogP) is 6.21. The van der Waals surface area contributed by atoms with E-state index in [1.165, 1.54) is 32.7 Å². The van der Waals surface area contributed by atoms with E-state index in [1.807, 2.05) is 19.2 Å². The molecule has 0 atom stereocenters. The molecule has 4 rings (SSSR count). The number of ether oxygens (including phenoxy) is 1. The third kappa shape index (κ3) is 8.40. The van der Waals surface area contributed by atoms with E-state index in [9.17, 15) is 9.59 Å². The molecular weight excluding hydrogens is 552 g/mol. The van der Waals surface area contributed by atoms with Crippen molar-refractivity contribution in [3.8, 4) is 5.75 Å². The van der Waals surface area contributed by atoms with Crippen molar-refractivity contribution in [2.45, 2.75) is 72.1 Å². The highest BCUT2D eigenvalue weighted by atomic mass is 16.5. The Bertz CT molecular complexity index is 1560. The van der Waals surface area contributed by atoms with Crippen molar-refractivity contribution in [2.24, 2.45) is 0 Å². The number of amides is 2. The molecule has 2 heterocycles. The molecule has 0 unspecified atom stereocenters. The summed E-state index contributed by atoms with van der Waals surface area (Å²) in [5.74, 6) is 2.01. The van der Waals surface area contributed by atoms with Crippen LogP contribution in [0.3, 0.4) is 0 Å². The van der Waals surface area contributed by atoms with Crippen LogP contribution in [0, 0.1) is 13.8 Å². The Morgan fingerprint density at radius 1 is 0.864 bits per heavy atom. The van der Waals surface area contributed by atoms with Gasteiger partial charge in [-0.05, 0) is 107 Å². The molecule has 0 saturated carbocycles. The molecule has 0 fully saturated rings. The van der Waals surface area contributed by atoms with Crippen LogP contribution in [0.25, 0.3) is 32.6 Å². The van der Waals surface area contributed by atoms with E-state index in [2.05, 4.69) is 64.9 Å². The third-order valence-corrected chi connectivity index (χ3v) is 8.41. The fourth-order valence-electron chi connectivity index (χ4n) is 5.98. The first-order valence-corrected chi connectivity index (χ1v) is 16.2. The minimum Gasteiger partial charge on any atom is -0.497 e. The van der Waals surface area contributed by atoms with Gasteiger partial charge in [0.2, 0.25) is 11.8 Å². The summed E-state index contributed by atoms with van der Waals surface area (Å²) in [6.45, 7) is 10.5. The molecule has 4 aromatic rings. The predicted molar refractivity (Wildman–Crippen MR) is 182 cm³/mol. The number of carbonyl (C=O) groups is 2. The molecule has 0 bridgehead atoms. The average Bonchev–Trinajstić information content (AvgIpc) is 3.41. The number of aromatic nitrogens is 2. The van der Waals surface area contributed by atoms with Gasteiger partial charge in [0, 0.05) is 60.3 Å². The molecule has 0 saturated heterocycles. The van der Waals surface area contributed by atoms with Crippen LogP contribution < -0.4 is 20.7 Å². The summed E-state index contributed by atoms with van der Waals surface area (Å²) in [4.78, 5) is 34.3. The lowest BCUT2D eigenvalue weighted by molar-refractivity contribution is -0.122. The number of aryl methyl sites for hydroxylation is 2. The van der Waals surface area contributed by atoms with E-state index in [0.717, 1.165) is 80.8 Å². The van der Waals surface area contributed by atoms with Gasteiger partial charge < -0.3 is 30.6 Å². The van der Waals surface area contributed by atoms with E-state index >= 15 is 0 Å². The first kappa shape index (κ1) is 33.1. The van der Waals surface area contributed by atoms with Crippen LogP contribution >= 0.6 is 0 Å². The molecule has 44 heavy (non-hydrogen) atoms. The zero-order chi connectivity index (χ0) is 31.5. The lowest BCUT2D eigenvalue weighted by atomic mass is 9.96. The quantitative estimate of drug-likeness (QED) is 0.101. The fraction of sp³-hybridized carbons (Fsp3) is 0.514. The Morgan fingerprint density at radius 3 is 2.34 bits per heavy atom. The molecular formula is C35H50N6O3. The molecule has 2 aromatic carbocycles. The number of unbranched alkanes of at least 4 members (excludes halogenated alkanes) is 2. The summed E-state index contributed by atoms with van der Waals surface area (Å²) >= 11 is 0. The highest BCUT2D eigenvalue weighted by molar-refractivity contribution is 6.18. The summed E-state index contributed by atoms with van der Waals surface area (Å²) < 4.78 is 5.51. The largest absolute Gasteiger partial charge is 0.497 e. The van der Waals surface area contributed by atoms with Gasteiger partial charge in [-0.25, -0.2) is 4.98 Å². The Hall–Kier alpha value is -3.85. The summed E-state index contributed by atoms with van der Waals surface area (Å²) in [5.41, 5.74) is 4.71. The van der Waals surface area contributed by atoms with Gasteiger partial charge in [0.15, 0.2) is 0 Å². The monoisotopic (exact) mass is 602 g/mol. The number of hydrogen-bond acceptors (Lipinski definition) is 6. The number of benzene rings is 2. The number of H-pyrrole nitrogens is 1. The van der Waals surface area contributed by atoms with Crippen LogP contribution in [-0.4, -0.2) is 73.6 Å². The van der Waals surface area contributed by atoms with E-state index < -0.39 is 0 Å². The first-order chi connectivity index (χ1) is 21.3. The maximum absolute atomic E-state index is 12.1. The molecule has 0 radical (unpaired) electrons. The normalized spacial score (nSPS) is 11.5. The Kier molecular flexibility index (Phi) is 12.2. The van der Waals surface area contributed by atoms with Gasteiger partial charge in [-0.2, -0.15) is 0 Å². The number of pyridine rings is 1. The number of rotatable bonds is 18. The number of aromatic amines is 1. The number of nitrogens with zero attached hydrogens (tertiary/aromatic N) is 2. The molecule has 9 nitrogen and oxygen atoms in total. The van der Waals surface area contributed by atoms with E-state index in [1.54, 1.807) is 7.11 Å². The Morgan fingerprint density at radius 2 is 1.59 bits per heavy atom. The second-order valence-electron chi connectivity index (χ2n) is 11.8. The molecule has 2 amide bonds. The van der Waals surface area contributed by atoms with E-state index in [0.29, 0.717) is 25.9 Å². The molecule has 0 aliphatic carbocycles. The highest BCUT2D eigenvalue weighted by Crippen LogP contribution is 2.39. The van der Waals surface area contributed by atoms with Crippen LogP contribution in [0.5, 0.6) is 5.75 Å². The molecule has 0 aliphatic rings. The average molecular weight is 603 g/mol. The SMILES string of the molecule is CCCC(=O)NCCCCCC(=O)NCCCN(C)CCCNc1nccc2c(C)c3[nH]c4ccc(OC)cc4c3c(C)c12. The second kappa shape index (κ2) is 16.3. The van der Waals surface area contributed by atoms with Crippen LogP contribution in [0.2, 0.25) is 0 Å². The van der Waals surface area contributed by atoms with Gasteiger partial charge in [-0.15, -0.1) is 0 Å². The number of hydrogen-bond donors (Lipinski definition) is 4. The van der Waals surface area contributed by atoms with Crippen molar-refractivity contribution >= 4 is 50.2 Å². The maximum atomic E-state index is 12.1. The molecule has 2 aromatic heterocycles. The van der Waals surface area contributed by atoms with Crippen molar-refractivity contribution in [3.05, 3.63) is 41.6 Å². The first-order valence-electron chi connectivity index (χ1n) is 16.2. The smallest absolute Gasteiger partial charge is 0.219 e. The van der Waals surface area contributed by atoms with E-state index in [4.69, 9.17) is 9.72 Å². The Balaban J connectivity index is 1.19. The van der Waals surface area contributed by atoms with Gasteiger partial charge in [0.25, 0.3) is 0 Å². The van der Waals surface area contributed by atoms with Crippen molar-refractivity contribution in [2.75, 3.05) is 52.2 Å². The van der Waals surface area contributed by atoms with Crippen molar-refractivity contribution in [1.29, 1.82) is 0 Å². The topological polar surface area (TPSA) is 111 Å². The van der Waals surface area contributed by atoms with Crippen LogP contribution in [0.15, 0.2) is 30.5 Å². The molecule has 0 aliphatic heterocycles. The zero-order valence-electron chi connectivity index (χ0n) is 27.2.